The van der Waals surface area contributed by atoms with Crippen molar-refractivity contribution in [3.8, 4) is 5.75 Å². The first-order chi connectivity index (χ1) is 11.7. The summed E-state index contributed by atoms with van der Waals surface area (Å²) in [6.07, 6.45) is 2.32. The van der Waals surface area contributed by atoms with Crippen LogP contribution in [0.4, 0.5) is 0 Å². The van der Waals surface area contributed by atoms with E-state index in [4.69, 9.17) is 9.57 Å². The highest BCUT2D eigenvalue weighted by Gasteiger charge is 2.46. The molecule has 1 fully saturated rings. The fourth-order valence-electron chi connectivity index (χ4n) is 3.29. The van der Waals surface area contributed by atoms with Crippen molar-refractivity contribution in [1.82, 2.24) is 9.79 Å². The number of carbonyl (C=O) groups excluding carboxylic acids is 1. The summed E-state index contributed by atoms with van der Waals surface area (Å²) in [6, 6.07) is 5.34. The molecule has 0 radical (unpaired) electrons. The number of benzene rings is 1. The molecule has 0 spiro atoms. The molecule has 1 aliphatic rings. The van der Waals surface area contributed by atoms with E-state index < -0.39 is 27.4 Å². The Balaban J connectivity index is 2.47. The number of nitrogens with one attached hydrogen (secondary N) is 1. The topological polar surface area (TPSA) is 84.9 Å². The smallest absolute Gasteiger partial charge is 0.262 e. The van der Waals surface area contributed by atoms with E-state index in [9.17, 15) is 13.2 Å². The maximum atomic E-state index is 13.2. The van der Waals surface area contributed by atoms with Crippen molar-refractivity contribution in [2.75, 3.05) is 20.8 Å². The predicted molar refractivity (Wildman–Crippen MR) is 93.5 cm³/mol. The van der Waals surface area contributed by atoms with Crippen molar-refractivity contribution >= 4 is 15.9 Å². The van der Waals surface area contributed by atoms with Gasteiger partial charge in [-0.25, -0.2) is 13.9 Å². The summed E-state index contributed by atoms with van der Waals surface area (Å²) >= 11 is 0. The van der Waals surface area contributed by atoms with Gasteiger partial charge in [-0.3, -0.25) is 9.63 Å². The fraction of sp³-hybridized carbons (Fsp3) is 0.588. The Labute approximate surface area is 149 Å². The summed E-state index contributed by atoms with van der Waals surface area (Å²) in [5.74, 6) is 0.121. The van der Waals surface area contributed by atoms with Crippen molar-refractivity contribution < 1.29 is 22.8 Å². The van der Waals surface area contributed by atoms with Crippen LogP contribution in [0.1, 0.15) is 33.1 Å². The van der Waals surface area contributed by atoms with Crippen molar-refractivity contribution in [2.45, 2.75) is 44.0 Å². The van der Waals surface area contributed by atoms with Crippen LogP contribution in [0, 0.1) is 5.41 Å². The third-order valence-corrected chi connectivity index (χ3v) is 6.47. The standard InChI is InChI=1S/C17H26N2O5S/c1-17(2)11-5-6-12-19(15(17)16(20)18-24-4)25(21,22)14-9-7-13(23-3)8-10-14/h7-10,15H,5-6,11-12H2,1-4H3,(H,18,20). The fourth-order valence-corrected chi connectivity index (χ4v) is 5.07. The lowest BCUT2D eigenvalue weighted by Gasteiger charge is -2.37. The molecule has 140 valence electrons. The molecule has 0 aromatic heterocycles. The summed E-state index contributed by atoms with van der Waals surface area (Å²) < 4.78 is 32.8. The third kappa shape index (κ3) is 4.13. The normalized spacial score (nSPS) is 21.4. The molecule has 0 saturated carbocycles. The quantitative estimate of drug-likeness (QED) is 0.801. The van der Waals surface area contributed by atoms with Gasteiger partial charge in [0.25, 0.3) is 5.91 Å². The molecule has 1 unspecified atom stereocenters. The van der Waals surface area contributed by atoms with Gasteiger partial charge in [0.2, 0.25) is 10.0 Å². The van der Waals surface area contributed by atoms with E-state index in [-0.39, 0.29) is 4.90 Å². The summed E-state index contributed by atoms with van der Waals surface area (Å²) in [6.45, 7) is 4.11. The monoisotopic (exact) mass is 370 g/mol. The molecule has 1 saturated heterocycles. The first kappa shape index (κ1) is 19.7. The molecule has 0 bridgehead atoms. The number of nitrogens with zero attached hydrogens (tertiary/aromatic N) is 1. The van der Waals surface area contributed by atoms with E-state index >= 15 is 0 Å². The van der Waals surface area contributed by atoms with E-state index in [1.807, 2.05) is 13.8 Å². The summed E-state index contributed by atoms with van der Waals surface area (Å²) in [4.78, 5) is 17.5. The molecule has 1 heterocycles. The zero-order valence-electron chi connectivity index (χ0n) is 15.1. The van der Waals surface area contributed by atoms with Crippen LogP contribution < -0.4 is 10.2 Å². The van der Waals surface area contributed by atoms with Crippen LogP contribution in [-0.2, 0) is 19.7 Å². The van der Waals surface area contributed by atoms with Crippen LogP contribution in [0.5, 0.6) is 5.75 Å². The van der Waals surface area contributed by atoms with Gasteiger partial charge in [0, 0.05) is 6.54 Å². The van der Waals surface area contributed by atoms with Gasteiger partial charge in [0.15, 0.2) is 0 Å². The number of methoxy groups -OCH3 is 1. The lowest BCUT2D eigenvalue weighted by atomic mass is 9.80. The van der Waals surface area contributed by atoms with Crippen molar-refractivity contribution in [2.24, 2.45) is 5.41 Å². The van der Waals surface area contributed by atoms with Gasteiger partial charge >= 0.3 is 0 Å². The maximum absolute atomic E-state index is 13.2. The molecular formula is C17H26N2O5S. The van der Waals surface area contributed by atoms with Crippen molar-refractivity contribution in [3.63, 3.8) is 0 Å². The van der Waals surface area contributed by atoms with Gasteiger partial charge in [-0.05, 0) is 42.5 Å². The molecule has 7 nitrogen and oxygen atoms in total. The zero-order valence-corrected chi connectivity index (χ0v) is 15.9. The lowest BCUT2D eigenvalue weighted by molar-refractivity contribution is -0.138. The highest BCUT2D eigenvalue weighted by Crippen LogP contribution is 2.37. The molecule has 1 N–H and O–H groups in total. The Morgan fingerprint density at radius 2 is 1.84 bits per heavy atom. The summed E-state index contributed by atoms with van der Waals surface area (Å²) in [7, 11) is -0.976. The molecular weight excluding hydrogens is 344 g/mol. The van der Waals surface area contributed by atoms with Gasteiger partial charge in [-0.15, -0.1) is 0 Å². The SMILES string of the molecule is CONC(=O)C1N(S(=O)(=O)c2ccc(OC)cc2)CCCCC1(C)C. The average Bonchev–Trinajstić information content (AvgIpc) is 2.73. The molecule has 2 rings (SSSR count). The summed E-state index contributed by atoms with van der Waals surface area (Å²) in [5.41, 5.74) is 1.79. The molecule has 1 aromatic rings. The van der Waals surface area contributed by atoms with Gasteiger partial charge in [0.05, 0.1) is 19.1 Å². The molecule has 0 aliphatic carbocycles. The maximum Gasteiger partial charge on any atom is 0.262 e. The van der Waals surface area contributed by atoms with Crippen molar-refractivity contribution in [1.29, 1.82) is 0 Å². The van der Waals surface area contributed by atoms with E-state index in [1.54, 1.807) is 12.1 Å². The number of ether oxygens (including phenoxy) is 1. The molecule has 1 aromatic carbocycles. The number of rotatable bonds is 5. The highest BCUT2D eigenvalue weighted by molar-refractivity contribution is 7.89. The van der Waals surface area contributed by atoms with E-state index in [1.165, 1.54) is 30.7 Å². The number of carbonyl (C=O) groups is 1. The van der Waals surface area contributed by atoms with Crippen molar-refractivity contribution in [3.05, 3.63) is 24.3 Å². The Hall–Kier alpha value is -1.64. The van der Waals surface area contributed by atoms with Gasteiger partial charge < -0.3 is 4.74 Å². The zero-order chi connectivity index (χ0) is 18.7. The number of hydrogen-bond donors (Lipinski definition) is 1. The minimum Gasteiger partial charge on any atom is -0.497 e. The third-order valence-electron chi connectivity index (χ3n) is 4.59. The number of sulfonamides is 1. The predicted octanol–water partition coefficient (Wildman–Crippen LogP) is 1.94. The van der Waals surface area contributed by atoms with E-state index in [2.05, 4.69) is 5.48 Å². The molecule has 1 atom stereocenters. The molecule has 1 amide bonds. The second kappa shape index (κ2) is 7.72. The van der Waals surface area contributed by atoms with Crippen LogP contribution in [-0.4, -0.2) is 45.4 Å². The lowest BCUT2D eigenvalue weighted by Crippen LogP contribution is -2.55. The second-order valence-corrected chi connectivity index (χ2v) is 8.70. The number of hydroxylamine groups is 1. The molecule has 25 heavy (non-hydrogen) atoms. The minimum atomic E-state index is -3.83. The first-order valence-electron chi connectivity index (χ1n) is 8.23. The largest absolute Gasteiger partial charge is 0.497 e. The average molecular weight is 370 g/mol. The van der Waals surface area contributed by atoms with E-state index in [0.29, 0.717) is 18.7 Å². The Kier molecular flexibility index (Phi) is 6.08. The van der Waals surface area contributed by atoms with Crippen LogP contribution in [0.15, 0.2) is 29.2 Å². The first-order valence-corrected chi connectivity index (χ1v) is 9.67. The molecule has 8 heteroatoms. The van der Waals surface area contributed by atoms with Gasteiger partial charge in [0.1, 0.15) is 11.8 Å². The molecule has 1 aliphatic heterocycles. The van der Waals surface area contributed by atoms with Crippen LogP contribution >= 0.6 is 0 Å². The Bertz CT molecular complexity index is 700. The second-order valence-electron chi connectivity index (χ2n) is 6.81. The van der Waals surface area contributed by atoms with Gasteiger partial charge in [-0.2, -0.15) is 4.31 Å². The Morgan fingerprint density at radius 3 is 2.40 bits per heavy atom. The van der Waals surface area contributed by atoms with Crippen LogP contribution in [0.2, 0.25) is 0 Å². The minimum absolute atomic E-state index is 0.140. The van der Waals surface area contributed by atoms with Crippen LogP contribution in [0.25, 0.3) is 0 Å². The van der Waals surface area contributed by atoms with Gasteiger partial charge in [-0.1, -0.05) is 20.3 Å². The Morgan fingerprint density at radius 1 is 1.20 bits per heavy atom. The number of amides is 1. The number of hydrogen-bond acceptors (Lipinski definition) is 5. The van der Waals surface area contributed by atoms with E-state index in [0.717, 1.165) is 12.8 Å². The highest BCUT2D eigenvalue weighted by atomic mass is 32.2. The van der Waals surface area contributed by atoms with Crippen LogP contribution in [0.3, 0.4) is 0 Å². The summed E-state index contributed by atoms with van der Waals surface area (Å²) in [5, 5.41) is 0.